The molecule has 0 aliphatic heterocycles. The van der Waals surface area contributed by atoms with Crippen molar-refractivity contribution in [3.8, 4) is 17.2 Å². The first-order valence-electron chi connectivity index (χ1n) is 11.9. The van der Waals surface area contributed by atoms with Crippen molar-refractivity contribution in [3.05, 3.63) is 89.5 Å². The number of phosphoric ester groups is 1. The summed E-state index contributed by atoms with van der Waals surface area (Å²) in [5.41, 5.74) is 5.12. The fraction of sp³-hybridized carbons (Fsp3) is 0.286. The topological polar surface area (TPSA) is 88.5 Å². The summed E-state index contributed by atoms with van der Waals surface area (Å²) in [4.78, 5) is 20.3. The Morgan fingerprint density at radius 3 is 1.67 bits per heavy atom. The van der Waals surface area contributed by atoms with Crippen LogP contribution in [0.3, 0.4) is 0 Å². The standard InChI is InChI=1S/C28H34NO6P/c1-5-27(21-7-13-24(14-8-21)33-6-2)28(23-11-17-26(18-12-23)35-36(30,31)32)22-9-15-25(16-10-22)34-20-19-29(3)4/h7-18H,5-6,19-20H2,1-4H3,(H2,30,31,32). The fourth-order valence-corrected chi connectivity index (χ4v) is 4.24. The van der Waals surface area contributed by atoms with Crippen LogP contribution in [-0.2, 0) is 4.57 Å². The number of phosphoric acid groups is 1. The Labute approximate surface area is 213 Å². The molecule has 0 aliphatic carbocycles. The summed E-state index contributed by atoms with van der Waals surface area (Å²) in [6.45, 7) is 6.09. The van der Waals surface area contributed by atoms with Crippen LogP contribution >= 0.6 is 7.82 Å². The molecule has 0 aromatic heterocycles. The summed E-state index contributed by atoms with van der Waals surface area (Å²) in [5, 5.41) is 0. The molecular formula is C28H34NO6P. The van der Waals surface area contributed by atoms with Crippen molar-refractivity contribution in [1.82, 2.24) is 4.90 Å². The summed E-state index contributed by atoms with van der Waals surface area (Å²) in [6, 6.07) is 22.8. The Morgan fingerprint density at radius 2 is 1.22 bits per heavy atom. The third-order valence-electron chi connectivity index (χ3n) is 5.49. The van der Waals surface area contributed by atoms with Crippen molar-refractivity contribution in [2.45, 2.75) is 20.3 Å². The predicted octanol–water partition coefficient (Wildman–Crippen LogP) is 5.87. The van der Waals surface area contributed by atoms with Gasteiger partial charge in [-0.15, -0.1) is 0 Å². The minimum absolute atomic E-state index is 0.107. The van der Waals surface area contributed by atoms with Crippen molar-refractivity contribution in [2.75, 3.05) is 33.9 Å². The van der Waals surface area contributed by atoms with Crippen LogP contribution in [0.25, 0.3) is 11.1 Å². The highest BCUT2D eigenvalue weighted by Crippen LogP contribution is 2.40. The summed E-state index contributed by atoms with van der Waals surface area (Å²) in [6.07, 6.45) is 0.769. The molecule has 3 rings (SSSR count). The molecule has 0 spiro atoms. The highest BCUT2D eigenvalue weighted by atomic mass is 31.2. The van der Waals surface area contributed by atoms with Gasteiger partial charge in [0.2, 0.25) is 0 Å². The van der Waals surface area contributed by atoms with E-state index < -0.39 is 7.82 Å². The number of rotatable bonds is 12. The van der Waals surface area contributed by atoms with Crippen LogP contribution in [-0.4, -0.2) is 48.5 Å². The lowest BCUT2D eigenvalue weighted by atomic mass is 9.88. The van der Waals surface area contributed by atoms with E-state index in [9.17, 15) is 4.57 Å². The molecule has 3 aromatic rings. The molecular weight excluding hydrogens is 477 g/mol. The molecule has 0 amide bonds. The maximum absolute atomic E-state index is 11.2. The SMILES string of the molecule is CCOc1ccc(C(CC)=C(c2ccc(OCCN(C)C)cc2)c2ccc(OP(=O)(O)O)cc2)cc1. The van der Waals surface area contributed by atoms with Crippen molar-refractivity contribution >= 4 is 19.0 Å². The van der Waals surface area contributed by atoms with Crippen LogP contribution in [0.15, 0.2) is 72.8 Å². The lowest BCUT2D eigenvalue weighted by Gasteiger charge is -2.18. The molecule has 0 unspecified atom stereocenters. The van der Waals surface area contributed by atoms with E-state index in [1.165, 1.54) is 0 Å². The average molecular weight is 512 g/mol. The largest absolute Gasteiger partial charge is 0.524 e. The van der Waals surface area contributed by atoms with Crippen LogP contribution in [0, 0.1) is 0 Å². The molecule has 8 heteroatoms. The van der Waals surface area contributed by atoms with Gasteiger partial charge in [0.25, 0.3) is 0 Å². The Kier molecular flexibility index (Phi) is 9.73. The molecule has 2 N–H and O–H groups in total. The zero-order valence-corrected chi connectivity index (χ0v) is 22.1. The third kappa shape index (κ3) is 7.97. The van der Waals surface area contributed by atoms with Crippen molar-refractivity contribution in [3.63, 3.8) is 0 Å². The zero-order chi connectivity index (χ0) is 26.1. The fourth-order valence-electron chi connectivity index (χ4n) is 3.84. The van der Waals surface area contributed by atoms with Crippen LogP contribution in [0.4, 0.5) is 0 Å². The van der Waals surface area contributed by atoms with E-state index in [2.05, 4.69) is 11.8 Å². The maximum atomic E-state index is 11.2. The van der Waals surface area contributed by atoms with E-state index in [1.807, 2.05) is 81.7 Å². The van der Waals surface area contributed by atoms with E-state index in [-0.39, 0.29) is 5.75 Å². The second-order valence-electron chi connectivity index (χ2n) is 8.45. The van der Waals surface area contributed by atoms with E-state index in [0.29, 0.717) is 13.2 Å². The van der Waals surface area contributed by atoms with Crippen molar-refractivity contribution in [1.29, 1.82) is 0 Å². The van der Waals surface area contributed by atoms with Gasteiger partial charge < -0.3 is 18.9 Å². The Balaban J connectivity index is 2.04. The zero-order valence-electron chi connectivity index (χ0n) is 21.2. The number of ether oxygens (including phenoxy) is 2. The normalized spacial score (nSPS) is 12.3. The van der Waals surface area contributed by atoms with E-state index >= 15 is 0 Å². The molecule has 0 aliphatic rings. The minimum Gasteiger partial charge on any atom is -0.494 e. The summed E-state index contributed by atoms with van der Waals surface area (Å²) >= 11 is 0. The second-order valence-corrected chi connectivity index (χ2v) is 9.61. The molecule has 0 bridgehead atoms. The highest BCUT2D eigenvalue weighted by molar-refractivity contribution is 7.46. The number of nitrogens with zero attached hydrogens (tertiary/aromatic N) is 1. The Morgan fingerprint density at radius 1 is 0.750 bits per heavy atom. The van der Waals surface area contributed by atoms with Gasteiger partial charge in [0, 0.05) is 6.54 Å². The molecule has 0 saturated heterocycles. The predicted molar refractivity (Wildman–Crippen MR) is 143 cm³/mol. The van der Waals surface area contributed by atoms with Crippen molar-refractivity contribution in [2.24, 2.45) is 0 Å². The maximum Gasteiger partial charge on any atom is 0.524 e. The van der Waals surface area contributed by atoms with Gasteiger partial charge in [-0.3, -0.25) is 9.79 Å². The van der Waals surface area contributed by atoms with E-state index in [4.69, 9.17) is 23.8 Å². The van der Waals surface area contributed by atoms with Crippen LogP contribution in [0.5, 0.6) is 17.2 Å². The first-order chi connectivity index (χ1) is 17.2. The van der Waals surface area contributed by atoms with Gasteiger partial charge in [0.15, 0.2) is 0 Å². The number of allylic oxidation sites excluding steroid dienone is 1. The average Bonchev–Trinajstić information content (AvgIpc) is 2.83. The summed E-state index contributed by atoms with van der Waals surface area (Å²) in [5.74, 6) is 1.72. The minimum atomic E-state index is -4.63. The van der Waals surface area contributed by atoms with E-state index in [1.54, 1.807) is 12.1 Å². The smallest absolute Gasteiger partial charge is 0.494 e. The van der Waals surface area contributed by atoms with E-state index in [0.717, 1.165) is 52.3 Å². The second kappa shape index (κ2) is 12.7. The molecule has 0 fully saturated rings. The monoisotopic (exact) mass is 511 g/mol. The quantitative estimate of drug-likeness (QED) is 0.232. The lowest BCUT2D eigenvalue weighted by Crippen LogP contribution is -2.19. The summed E-state index contributed by atoms with van der Waals surface area (Å²) in [7, 11) is -0.616. The van der Waals surface area contributed by atoms with Crippen LogP contribution < -0.4 is 14.0 Å². The van der Waals surface area contributed by atoms with Crippen molar-refractivity contribution < 1.29 is 28.3 Å². The molecule has 7 nitrogen and oxygen atoms in total. The number of hydrogen-bond acceptors (Lipinski definition) is 5. The van der Waals surface area contributed by atoms with Gasteiger partial charge >= 0.3 is 7.82 Å². The van der Waals surface area contributed by atoms with Gasteiger partial charge in [-0.2, -0.15) is 0 Å². The van der Waals surface area contributed by atoms with Gasteiger partial charge in [0.1, 0.15) is 23.9 Å². The Hall–Kier alpha value is -3.09. The number of benzene rings is 3. The first-order valence-corrected chi connectivity index (χ1v) is 13.4. The highest BCUT2D eigenvalue weighted by Gasteiger charge is 2.17. The Bertz CT molecular complexity index is 1180. The van der Waals surface area contributed by atoms with Gasteiger partial charge in [-0.25, -0.2) is 4.57 Å². The molecule has 0 heterocycles. The van der Waals surface area contributed by atoms with Gasteiger partial charge in [0.05, 0.1) is 6.61 Å². The molecule has 192 valence electrons. The molecule has 36 heavy (non-hydrogen) atoms. The first kappa shape index (κ1) is 27.5. The number of likely N-dealkylation sites (N-methyl/N-ethyl adjacent to an activating group) is 1. The summed E-state index contributed by atoms with van der Waals surface area (Å²) < 4.78 is 27.4. The molecule has 0 atom stereocenters. The molecule has 3 aromatic carbocycles. The molecule has 0 saturated carbocycles. The van der Waals surface area contributed by atoms with Gasteiger partial charge in [-0.1, -0.05) is 43.3 Å². The molecule has 0 radical (unpaired) electrons. The number of hydrogen-bond donors (Lipinski definition) is 2. The lowest BCUT2D eigenvalue weighted by molar-refractivity contribution is 0.261. The van der Waals surface area contributed by atoms with Crippen LogP contribution in [0.1, 0.15) is 37.0 Å². The van der Waals surface area contributed by atoms with Gasteiger partial charge in [-0.05, 0) is 91.7 Å². The van der Waals surface area contributed by atoms with Crippen LogP contribution in [0.2, 0.25) is 0 Å². The third-order valence-corrected chi connectivity index (χ3v) is 5.94.